The van der Waals surface area contributed by atoms with Crippen LogP contribution in [0.1, 0.15) is 46.5 Å². The Labute approximate surface area is 75.9 Å². The van der Waals surface area contributed by atoms with E-state index in [0.29, 0.717) is 6.61 Å². The Bertz CT molecular complexity index is 91.8. The van der Waals surface area contributed by atoms with E-state index in [1.54, 1.807) is 0 Å². The molecule has 74 valence electrons. The summed E-state index contributed by atoms with van der Waals surface area (Å²) in [6.45, 7) is 6.79. The number of aliphatic hydroxyl groups is 1. The predicted molar refractivity (Wildman–Crippen MR) is 50.9 cm³/mol. The molecule has 0 rings (SSSR count). The molecule has 1 atom stereocenters. The third kappa shape index (κ3) is 6.62. The lowest BCUT2D eigenvalue weighted by Gasteiger charge is -2.14. The summed E-state index contributed by atoms with van der Waals surface area (Å²) in [6, 6.07) is 0. The highest BCUT2D eigenvalue weighted by Gasteiger charge is 2.07. The van der Waals surface area contributed by atoms with E-state index in [0.717, 1.165) is 6.42 Å². The van der Waals surface area contributed by atoms with Crippen molar-refractivity contribution in [1.82, 2.24) is 0 Å². The van der Waals surface area contributed by atoms with Gasteiger partial charge in [0.05, 0.1) is 0 Å². The normalized spacial score (nSPS) is 13.8. The molecule has 12 heavy (non-hydrogen) atoms. The number of hydrogen-bond acceptors (Lipinski definition) is 2. The Kier molecular flexibility index (Phi) is 7.51. The van der Waals surface area contributed by atoms with E-state index in [-0.39, 0.29) is 5.92 Å². The van der Waals surface area contributed by atoms with Gasteiger partial charge < -0.3 is 9.84 Å². The van der Waals surface area contributed by atoms with Gasteiger partial charge in [0.1, 0.15) is 0 Å². The standard InChI is InChI=1S/C10H22O2/c1-4-5-6-7-8-12-10(11)9(2)3/h9-11H,4-8H2,1-3H3/t10-/m0/s1. The van der Waals surface area contributed by atoms with E-state index in [4.69, 9.17) is 4.74 Å². The summed E-state index contributed by atoms with van der Waals surface area (Å²) in [5.41, 5.74) is 0. The summed E-state index contributed by atoms with van der Waals surface area (Å²) in [4.78, 5) is 0. The molecule has 0 aromatic heterocycles. The molecule has 0 aliphatic rings. The highest BCUT2D eigenvalue weighted by molar-refractivity contribution is 4.47. The number of hydrogen-bond donors (Lipinski definition) is 1. The quantitative estimate of drug-likeness (QED) is 0.475. The molecule has 2 nitrogen and oxygen atoms in total. The lowest BCUT2D eigenvalue weighted by molar-refractivity contribution is -0.126. The summed E-state index contributed by atoms with van der Waals surface area (Å²) in [6.07, 6.45) is 4.21. The average molecular weight is 174 g/mol. The van der Waals surface area contributed by atoms with E-state index in [1.807, 2.05) is 13.8 Å². The van der Waals surface area contributed by atoms with Crippen molar-refractivity contribution in [3.63, 3.8) is 0 Å². The largest absolute Gasteiger partial charge is 0.368 e. The summed E-state index contributed by atoms with van der Waals surface area (Å²) in [7, 11) is 0. The Balaban J connectivity index is 3.08. The van der Waals surface area contributed by atoms with Gasteiger partial charge in [-0.3, -0.25) is 0 Å². The van der Waals surface area contributed by atoms with Crippen LogP contribution < -0.4 is 0 Å². The molecule has 0 aliphatic carbocycles. The highest BCUT2D eigenvalue weighted by atomic mass is 16.6. The molecule has 0 saturated heterocycles. The lowest BCUT2D eigenvalue weighted by atomic mass is 10.2. The summed E-state index contributed by atoms with van der Waals surface area (Å²) < 4.78 is 5.21. The fourth-order valence-electron chi connectivity index (χ4n) is 0.925. The number of unbranched alkanes of at least 4 members (excludes halogenated alkanes) is 3. The SMILES string of the molecule is CCCCCCO[C@H](O)C(C)C. The second-order valence-corrected chi connectivity index (χ2v) is 3.57. The van der Waals surface area contributed by atoms with E-state index in [2.05, 4.69) is 6.92 Å². The van der Waals surface area contributed by atoms with Gasteiger partial charge in [-0.25, -0.2) is 0 Å². The highest BCUT2D eigenvalue weighted by Crippen LogP contribution is 2.05. The van der Waals surface area contributed by atoms with Gasteiger partial charge in [-0.05, 0) is 6.42 Å². The van der Waals surface area contributed by atoms with Crippen molar-refractivity contribution in [2.24, 2.45) is 5.92 Å². The number of aliphatic hydroxyl groups excluding tert-OH is 1. The van der Waals surface area contributed by atoms with Crippen molar-refractivity contribution < 1.29 is 9.84 Å². The molecule has 0 amide bonds. The first-order chi connectivity index (χ1) is 5.68. The molecule has 0 heterocycles. The Hall–Kier alpha value is -0.0800. The maximum atomic E-state index is 9.26. The van der Waals surface area contributed by atoms with Crippen LogP contribution in [0.2, 0.25) is 0 Å². The molecule has 0 aromatic rings. The first-order valence-corrected chi connectivity index (χ1v) is 4.98. The smallest absolute Gasteiger partial charge is 0.156 e. The summed E-state index contributed by atoms with van der Waals surface area (Å²) >= 11 is 0. The van der Waals surface area contributed by atoms with Crippen molar-refractivity contribution in [2.75, 3.05) is 6.61 Å². The monoisotopic (exact) mass is 174 g/mol. The fraction of sp³-hybridized carbons (Fsp3) is 1.00. The minimum absolute atomic E-state index is 0.205. The van der Waals surface area contributed by atoms with Crippen molar-refractivity contribution >= 4 is 0 Å². The third-order valence-electron chi connectivity index (χ3n) is 1.86. The van der Waals surface area contributed by atoms with Gasteiger partial charge in [0, 0.05) is 12.5 Å². The van der Waals surface area contributed by atoms with Crippen LogP contribution in [0.25, 0.3) is 0 Å². The molecule has 0 radical (unpaired) electrons. The second kappa shape index (κ2) is 7.56. The van der Waals surface area contributed by atoms with Gasteiger partial charge in [0.25, 0.3) is 0 Å². The molecule has 0 fully saturated rings. The van der Waals surface area contributed by atoms with Crippen LogP contribution in [0.15, 0.2) is 0 Å². The molecular weight excluding hydrogens is 152 g/mol. The molecule has 0 spiro atoms. The van der Waals surface area contributed by atoms with Crippen LogP contribution in [0.5, 0.6) is 0 Å². The van der Waals surface area contributed by atoms with Crippen LogP contribution in [-0.4, -0.2) is 18.0 Å². The topological polar surface area (TPSA) is 29.5 Å². The van der Waals surface area contributed by atoms with E-state index < -0.39 is 6.29 Å². The average Bonchev–Trinajstić information content (AvgIpc) is 2.03. The number of rotatable bonds is 7. The van der Waals surface area contributed by atoms with E-state index >= 15 is 0 Å². The van der Waals surface area contributed by atoms with Crippen LogP contribution in [-0.2, 0) is 4.74 Å². The van der Waals surface area contributed by atoms with Crippen LogP contribution in [0.4, 0.5) is 0 Å². The molecule has 0 saturated carbocycles. The predicted octanol–water partition coefficient (Wildman–Crippen LogP) is 2.56. The molecule has 1 N–H and O–H groups in total. The minimum atomic E-state index is -0.577. The molecule has 0 bridgehead atoms. The van der Waals surface area contributed by atoms with Gasteiger partial charge in [0.2, 0.25) is 0 Å². The molecule has 0 aromatic carbocycles. The van der Waals surface area contributed by atoms with Crippen molar-refractivity contribution in [1.29, 1.82) is 0 Å². The zero-order valence-electron chi connectivity index (χ0n) is 8.55. The maximum Gasteiger partial charge on any atom is 0.156 e. The van der Waals surface area contributed by atoms with Gasteiger partial charge in [-0.15, -0.1) is 0 Å². The molecule has 0 unspecified atom stereocenters. The molecule has 0 aliphatic heterocycles. The van der Waals surface area contributed by atoms with Gasteiger partial charge in [-0.2, -0.15) is 0 Å². The summed E-state index contributed by atoms with van der Waals surface area (Å²) in [5, 5.41) is 9.26. The Morgan fingerprint density at radius 2 is 1.83 bits per heavy atom. The van der Waals surface area contributed by atoms with Crippen molar-refractivity contribution in [2.45, 2.75) is 52.7 Å². The number of ether oxygens (including phenoxy) is 1. The van der Waals surface area contributed by atoms with Crippen molar-refractivity contribution in [3.05, 3.63) is 0 Å². The van der Waals surface area contributed by atoms with Gasteiger partial charge >= 0.3 is 0 Å². The Morgan fingerprint density at radius 1 is 1.17 bits per heavy atom. The molecule has 2 heteroatoms. The Morgan fingerprint density at radius 3 is 2.33 bits per heavy atom. The van der Waals surface area contributed by atoms with E-state index in [9.17, 15) is 5.11 Å². The third-order valence-corrected chi connectivity index (χ3v) is 1.86. The lowest BCUT2D eigenvalue weighted by Crippen LogP contribution is -2.19. The fourth-order valence-corrected chi connectivity index (χ4v) is 0.925. The van der Waals surface area contributed by atoms with Gasteiger partial charge in [0.15, 0.2) is 6.29 Å². The molecular formula is C10H22O2. The summed E-state index contributed by atoms with van der Waals surface area (Å²) in [5.74, 6) is 0.205. The zero-order valence-corrected chi connectivity index (χ0v) is 8.55. The minimum Gasteiger partial charge on any atom is -0.368 e. The van der Waals surface area contributed by atoms with Crippen LogP contribution >= 0.6 is 0 Å². The van der Waals surface area contributed by atoms with Gasteiger partial charge in [-0.1, -0.05) is 40.0 Å². The zero-order chi connectivity index (χ0) is 9.40. The van der Waals surface area contributed by atoms with Crippen molar-refractivity contribution in [3.8, 4) is 0 Å². The van der Waals surface area contributed by atoms with Crippen LogP contribution in [0, 0.1) is 5.92 Å². The first-order valence-electron chi connectivity index (χ1n) is 4.98. The van der Waals surface area contributed by atoms with E-state index in [1.165, 1.54) is 19.3 Å². The second-order valence-electron chi connectivity index (χ2n) is 3.57. The van der Waals surface area contributed by atoms with Crippen LogP contribution in [0.3, 0.4) is 0 Å². The maximum absolute atomic E-state index is 9.26. The first kappa shape index (κ1) is 11.9.